The summed E-state index contributed by atoms with van der Waals surface area (Å²) in [6.07, 6.45) is -1.05. The number of halogens is 1. The van der Waals surface area contributed by atoms with Crippen molar-refractivity contribution in [3.05, 3.63) is 59.1 Å². The number of rotatable bonds is 7. The molecule has 2 aromatic rings. The van der Waals surface area contributed by atoms with Gasteiger partial charge in [0.1, 0.15) is 11.8 Å². The van der Waals surface area contributed by atoms with Crippen molar-refractivity contribution in [3.63, 3.8) is 0 Å². The second-order valence-electron chi connectivity index (χ2n) is 5.97. The van der Waals surface area contributed by atoms with Crippen LogP contribution >= 0.6 is 11.6 Å². The summed E-state index contributed by atoms with van der Waals surface area (Å²) in [7, 11) is 1.54. The van der Waals surface area contributed by atoms with Crippen molar-refractivity contribution < 1.29 is 23.9 Å². The van der Waals surface area contributed by atoms with Gasteiger partial charge in [-0.05, 0) is 50.2 Å². The average Bonchev–Trinajstić information content (AvgIpc) is 2.68. The highest BCUT2D eigenvalue weighted by Gasteiger charge is 2.24. The molecule has 0 saturated carbocycles. The Kier molecular flexibility index (Phi) is 7.40. The fourth-order valence-electron chi connectivity index (χ4n) is 2.23. The third-order valence-corrected chi connectivity index (χ3v) is 4.17. The topological polar surface area (TPSA) is 93.7 Å². The summed E-state index contributed by atoms with van der Waals surface area (Å²) in [5.74, 6) is -1.09. The van der Waals surface area contributed by atoms with Crippen molar-refractivity contribution in [2.24, 2.45) is 0 Å². The molecule has 2 atom stereocenters. The Morgan fingerprint density at radius 2 is 1.64 bits per heavy atom. The molecular formula is C20H21ClN2O5. The van der Waals surface area contributed by atoms with Crippen molar-refractivity contribution in [1.29, 1.82) is 0 Å². The van der Waals surface area contributed by atoms with Crippen LogP contribution in [0.3, 0.4) is 0 Å². The van der Waals surface area contributed by atoms with Gasteiger partial charge in [0.05, 0.1) is 17.7 Å². The summed E-state index contributed by atoms with van der Waals surface area (Å²) < 4.78 is 10.2. The Hall–Kier alpha value is -3.06. The Bertz CT molecular complexity index is 854. The molecule has 0 aliphatic heterocycles. The standard InChI is InChI=1S/C20H21ClN2O5/c1-12(22-19(25)16-6-4-5-7-17(16)21)20(26)28-13(2)18(24)23-14-8-10-15(27-3)11-9-14/h4-13H,1-3H3,(H,22,25)(H,23,24)/t12-,13?/m0/s1. The summed E-state index contributed by atoms with van der Waals surface area (Å²) in [5.41, 5.74) is 0.780. The lowest BCUT2D eigenvalue weighted by molar-refractivity contribution is -0.154. The number of benzene rings is 2. The number of esters is 1. The summed E-state index contributed by atoms with van der Waals surface area (Å²) in [6, 6.07) is 12.2. The zero-order valence-electron chi connectivity index (χ0n) is 15.7. The van der Waals surface area contributed by atoms with Crippen LogP contribution in [0.25, 0.3) is 0 Å². The van der Waals surface area contributed by atoms with E-state index in [9.17, 15) is 14.4 Å². The van der Waals surface area contributed by atoms with E-state index in [1.54, 1.807) is 55.6 Å². The molecule has 2 N–H and O–H groups in total. The molecule has 7 nitrogen and oxygen atoms in total. The maximum absolute atomic E-state index is 12.2. The fraction of sp³-hybridized carbons (Fsp3) is 0.250. The van der Waals surface area contributed by atoms with Crippen LogP contribution in [0.4, 0.5) is 5.69 Å². The number of anilines is 1. The van der Waals surface area contributed by atoms with Crippen LogP contribution in [0.5, 0.6) is 5.75 Å². The first-order valence-corrected chi connectivity index (χ1v) is 8.90. The number of nitrogens with one attached hydrogen (secondary N) is 2. The molecule has 2 rings (SSSR count). The Balaban J connectivity index is 1.88. The van der Waals surface area contributed by atoms with Gasteiger partial charge in [-0.2, -0.15) is 0 Å². The van der Waals surface area contributed by atoms with Crippen LogP contribution in [0.1, 0.15) is 24.2 Å². The van der Waals surface area contributed by atoms with E-state index in [-0.39, 0.29) is 10.6 Å². The molecule has 0 fully saturated rings. The van der Waals surface area contributed by atoms with Crippen molar-refractivity contribution >= 4 is 35.1 Å². The summed E-state index contributed by atoms with van der Waals surface area (Å²) in [6.45, 7) is 2.91. The number of carbonyl (C=O) groups excluding carboxylic acids is 3. The van der Waals surface area contributed by atoms with Crippen LogP contribution in [0.15, 0.2) is 48.5 Å². The molecular weight excluding hydrogens is 384 g/mol. The molecule has 0 heterocycles. The molecule has 28 heavy (non-hydrogen) atoms. The number of ether oxygens (including phenoxy) is 2. The molecule has 0 saturated heterocycles. The molecule has 8 heteroatoms. The molecule has 0 aromatic heterocycles. The lowest BCUT2D eigenvalue weighted by Crippen LogP contribution is -2.42. The molecule has 0 spiro atoms. The molecule has 2 amide bonds. The highest BCUT2D eigenvalue weighted by molar-refractivity contribution is 6.33. The molecule has 1 unspecified atom stereocenters. The third-order valence-electron chi connectivity index (χ3n) is 3.84. The van der Waals surface area contributed by atoms with Crippen LogP contribution in [0.2, 0.25) is 5.02 Å². The van der Waals surface area contributed by atoms with E-state index >= 15 is 0 Å². The number of hydrogen-bond donors (Lipinski definition) is 2. The Labute approximate surface area is 168 Å². The van der Waals surface area contributed by atoms with Crippen LogP contribution < -0.4 is 15.4 Å². The normalized spacial score (nSPS) is 12.4. The lowest BCUT2D eigenvalue weighted by atomic mass is 10.2. The van der Waals surface area contributed by atoms with E-state index in [2.05, 4.69) is 10.6 Å². The van der Waals surface area contributed by atoms with E-state index in [1.165, 1.54) is 13.8 Å². The highest BCUT2D eigenvalue weighted by atomic mass is 35.5. The van der Waals surface area contributed by atoms with Crippen molar-refractivity contribution in [2.75, 3.05) is 12.4 Å². The Morgan fingerprint density at radius 1 is 1.00 bits per heavy atom. The SMILES string of the molecule is COc1ccc(NC(=O)C(C)OC(=O)[C@H](C)NC(=O)c2ccccc2Cl)cc1. The van der Waals surface area contributed by atoms with Crippen LogP contribution in [-0.4, -0.2) is 37.0 Å². The van der Waals surface area contributed by atoms with Crippen molar-refractivity contribution in [2.45, 2.75) is 26.0 Å². The van der Waals surface area contributed by atoms with Gasteiger partial charge in [-0.15, -0.1) is 0 Å². The fourth-order valence-corrected chi connectivity index (χ4v) is 2.45. The Morgan fingerprint density at radius 3 is 2.25 bits per heavy atom. The quantitative estimate of drug-likeness (QED) is 0.692. The summed E-state index contributed by atoms with van der Waals surface area (Å²) in [4.78, 5) is 36.6. The van der Waals surface area contributed by atoms with E-state index in [0.29, 0.717) is 11.4 Å². The van der Waals surface area contributed by atoms with Gasteiger partial charge >= 0.3 is 5.97 Å². The minimum atomic E-state index is -1.05. The lowest BCUT2D eigenvalue weighted by Gasteiger charge is -2.18. The third kappa shape index (κ3) is 5.72. The predicted molar refractivity (Wildman–Crippen MR) is 106 cm³/mol. The van der Waals surface area contributed by atoms with Gasteiger partial charge in [0.15, 0.2) is 6.10 Å². The first-order valence-electron chi connectivity index (χ1n) is 8.52. The zero-order valence-corrected chi connectivity index (χ0v) is 16.4. The molecule has 0 radical (unpaired) electrons. The van der Waals surface area contributed by atoms with Gasteiger partial charge in [0.25, 0.3) is 11.8 Å². The zero-order chi connectivity index (χ0) is 20.7. The van der Waals surface area contributed by atoms with E-state index in [4.69, 9.17) is 21.1 Å². The second-order valence-corrected chi connectivity index (χ2v) is 6.38. The first kappa shape index (κ1) is 21.2. The van der Waals surface area contributed by atoms with Gasteiger partial charge in [-0.3, -0.25) is 9.59 Å². The molecule has 2 aromatic carbocycles. The van der Waals surface area contributed by atoms with Gasteiger partial charge in [-0.25, -0.2) is 4.79 Å². The van der Waals surface area contributed by atoms with Gasteiger partial charge in [0.2, 0.25) is 0 Å². The van der Waals surface area contributed by atoms with Crippen LogP contribution in [-0.2, 0) is 14.3 Å². The van der Waals surface area contributed by atoms with Gasteiger partial charge in [-0.1, -0.05) is 23.7 Å². The smallest absolute Gasteiger partial charge is 0.329 e. The maximum atomic E-state index is 12.2. The minimum Gasteiger partial charge on any atom is -0.497 e. The van der Waals surface area contributed by atoms with Crippen LogP contribution in [0, 0.1) is 0 Å². The predicted octanol–water partition coefficient (Wildman–Crippen LogP) is 3.04. The number of methoxy groups -OCH3 is 1. The van der Waals surface area contributed by atoms with Crippen molar-refractivity contribution in [1.82, 2.24) is 5.32 Å². The minimum absolute atomic E-state index is 0.245. The number of carbonyl (C=O) groups is 3. The number of amides is 2. The molecule has 148 valence electrons. The molecule has 0 bridgehead atoms. The van der Waals surface area contributed by atoms with E-state index in [0.717, 1.165) is 0 Å². The average molecular weight is 405 g/mol. The maximum Gasteiger partial charge on any atom is 0.329 e. The van der Waals surface area contributed by atoms with Gasteiger partial charge in [0, 0.05) is 5.69 Å². The summed E-state index contributed by atoms with van der Waals surface area (Å²) >= 11 is 5.97. The monoisotopic (exact) mass is 404 g/mol. The highest BCUT2D eigenvalue weighted by Crippen LogP contribution is 2.16. The first-order chi connectivity index (χ1) is 13.3. The van der Waals surface area contributed by atoms with Crippen molar-refractivity contribution in [3.8, 4) is 5.75 Å². The molecule has 0 aliphatic rings. The largest absolute Gasteiger partial charge is 0.497 e. The number of hydrogen-bond acceptors (Lipinski definition) is 5. The van der Waals surface area contributed by atoms with E-state index < -0.39 is 29.9 Å². The van der Waals surface area contributed by atoms with Gasteiger partial charge < -0.3 is 20.1 Å². The molecule has 0 aliphatic carbocycles. The summed E-state index contributed by atoms with van der Waals surface area (Å²) in [5, 5.41) is 5.41. The van der Waals surface area contributed by atoms with E-state index in [1.807, 2.05) is 0 Å². The second kappa shape index (κ2) is 9.75.